The SMILES string of the molecule is C[C@H](NC(=O)C1CCCCC1)c1ccc(F)cc1. The second-order valence-electron chi connectivity index (χ2n) is 5.12. The number of benzene rings is 1. The molecule has 1 atom stereocenters. The molecule has 1 aromatic carbocycles. The molecule has 1 fully saturated rings. The van der Waals surface area contributed by atoms with E-state index in [1.54, 1.807) is 12.1 Å². The fourth-order valence-electron chi connectivity index (χ4n) is 2.53. The standard InChI is InChI=1S/C15H20FNO/c1-11(12-7-9-14(16)10-8-12)17-15(18)13-5-3-2-4-6-13/h7-11,13H,2-6H2,1H3,(H,17,18)/t11-/m0/s1. The van der Waals surface area contributed by atoms with Gasteiger partial charge in [-0.1, -0.05) is 31.4 Å². The van der Waals surface area contributed by atoms with Crippen molar-refractivity contribution in [3.05, 3.63) is 35.6 Å². The maximum Gasteiger partial charge on any atom is 0.223 e. The first-order chi connectivity index (χ1) is 8.66. The Kier molecular flexibility index (Phi) is 4.34. The molecule has 2 rings (SSSR count). The number of halogens is 1. The van der Waals surface area contributed by atoms with Crippen LogP contribution in [-0.2, 0) is 4.79 Å². The van der Waals surface area contributed by atoms with E-state index in [2.05, 4.69) is 5.32 Å². The number of hydrogen-bond donors (Lipinski definition) is 1. The molecular formula is C15H20FNO. The molecule has 0 aliphatic heterocycles. The Bertz CT molecular complexity index is 395. The monoisotopic (exact) mass is 249 g/mol. The van der Waals surface area contributed by atoms with Crippen LogP contribution in [0.1, 0.15) is 50.6 Å². The van der Waals surface area contributed by atoms with Gasteiger partial charge in [0.1, 0.15) is 5.82 Å². The Morgan fingerprint density at radius 2 is 1.83 bits per heavy atom. The van der Waals surface area contributed by atoms with Crippen molar-refractivity contribution in [1.82, 2.24) is 5.32 Å². The van der Waals surface area contributed by atoms with E-state index in [0.29, 0.717) is 0 Å². The average Bonchev–Trinajstić information content (AvgIpc) is 2.40. The molecule has 0 radical (unpaired) electrons. The lowest BCUT2D eigenvalue weighted by molar-refractivity contribution is -0.126. The number of nitrogens with one attached hydrogen (secondary N) is 1. The third-order valence-corrected chi connectivity index (χ3v) is 3.70. The van der Waals surface area contributed by atoms with Crippen molar-refractivity contribution < 1.29 is 9.18 Å². The Hall–Kier alpha value is -1.38. The lowest BCUT2D eigenvalue weighted by atomic mass is 9.88. The van der Waals surface area contributed by atoms with Crippen LogP contribution in [0.15, 0.2) is 24.3 Å². The summed E-state index contributed by atoms with van der Waals surface area (Å²) in [4.78, 5) is 12.1. The van der Waals surface area contributed by atoms with E-state index in [9.17, 15) is 9.18 Å². The molecule has 18 heavy (non-hydrogen) atoms. The quantitative estimate of drug-likeness (QED) is 0.871. The van der Waals surface area contributed by atoms with Crippen LogP contribution in [0.25, 0.3) is 0 Å². The molecule has 1 N–H and O–H groups in total. The van der Waals surface area contributed by atoms with Gasteiger partial charge in [0.05, 0.1) is 6.04 Å². The third-order valence-electron chi connectivity index (χ3n) is 3.70. The lowest BCUT2D eigenvalue weighted by Crippen LogP contribution is -2.33. The summed E-state index contributed by atoms with van der Waals surface area (Å²) in [5, 5.41) is 3.02. The van der Waals surface area contributed by atoms with Gasteiger partial charge in [0.15, 0.2) is 0 Å². The van der Waals surface area contributed by atoms with Crippen LogP contribution in [0.4, 0.5) is 4.39 Å². The Balaban J connectivity index is 1.91. The molecule has 0 heterocycles. The van der Waals surface area contributed by atoms with Crippen LogP contribution in [0, 0.1) is 11.7 Å². The molecule has 0 bridgehead atoms. The molecular weight excluding hydrogens is 229 g/mol. The van der Waals surface area contributed by atoms with Crippen molar-refractivity contribution in [1.29, 1.82) is 0 Å². The van der Waals surface area contributed by atoms with Gasteiger partial charge in [-0.3, -0.25) is 4.79 Å². The second kappa shape index (κ2) is 5.98. The van der Waals surface area contributed by atoms with Crippen molar-refractivity contribution in [3.63, 3.8) is 0 Å². The minimum absolute atomic E-state index is 0.0555. The molecule has 1 amide bonds. The van der Waals surface area contributed by atoms with Crippen LogP contribution in [0.3, 0.4) is 0 Å². The van der Waals surface area contributed by atoms with Crippen molar-refractivity contribution in [2.75, 3.05) is 0 Å². The van der Waals surface area contributed by atoms with Gasteiger partial charge >= 0.3 is 0 Å². The van der Waals surface area contributed by atoms with Crippen molar-refractivity contribution in [3.8, 4) is 0 Å². The number of hydrogen-bond acceptors (Lipinski definition) is 1. The van der Waals surface area contributed by atoms with Crippen LogP contribution in [-0.4, -0.2) is 5.91 Å². The van der Waals surface area contributed by atoms with Gasteiger partial charge in [-0.2, -0.15) is 0 Å². The summed E-state index contributed by atoms with van der Waals surface area (Å²) in [6.07, 6.45) is 5.56. The molecule has 98 valence electrons. The predicted octanol–water partition coefficient (Wildman–Crippen LogP) is 3.58. The van der Waals surface area contributed by atoms with Crippen molar-refractivity contribution >= 4 is 5.91 Å². The van der Waals surface area contributed by atoms with Crippen molar-refractivity contribution in [2.45, 2.75) is 45.1 Å². The van der Waals surface area contributed by atoms with E-state index in [0.717, 1.165) is 31.2 Å². The molecule has 1 aliphatic carbocycles. The molecule has 1 saturated carbocycles. The molecule has 0 aromatic heterocycles. The number of carbonyl (C=O) groups is 1. The van der Waals surface area contributed by atoms with E-state index in [1.807, 2.05) is 6.92 Å². The van der Waals surface area contributed by atoms with Gasteiger partial charge in [0.25, 0.3) is 0 Å². The first kappa shape index (κ1) is 13.1. The molecule has 2 nitrogen and oxygen atoms in total. The van der Waals surface area contributed by atoms with Crippen LogP contribution < -0.4 is 5.32 Å². The summed E-state index contributed by atoms with van der Waals surface area (Å²) >= 11 is 0. The summed E-state index contributed by atoms with van der Waals surface area (Å²) < 4.78 is 12.8. The topological polar surface area (TPSA) is 29.1 Å². The molecule has 1 aliphatic rings. The highest BCUT2D eigenvalue weighted by Gasteiger charge is 2.22. The fraction of sp³-hybridized carbons (Fsp3) is 0.533. The summed E-state index contributed by atoms with van der Waals surface area (Å²) in [5.74, 6) is 0.0673. The van der Waals surface area contributed by atoms with Crippen LogP contribution in [0.5, 0.6) is 0 Å². The molecule has 0 spiro atoms. The highest BCUT2D eigenvalue weighted by Crippen LogP contribution is 2.24. The van der Waals surface area contributed by atoms with Gasteiger partial charge in [-0.15, -0.1) is 0 Å². The zero-order chi connectivity index (χ0) is 13.0. The summed E-state index contributed by atoms with van der Waals surface area (Å²) in [5.41, 5.74) is 0.945. The second-order valence-corrected chi connectivity index (χ2v) is 5.12. The van der Waals surface area contributed by atoms with Gasteiger partial charge in [0.2, 0.25) is 5.91 Å². The zero-order valence-electron chi connectivity index (χ0n) is 10.8. The van der Waals surface area contributed by atoms with E-state index in [4.69, 9.17) is 0 Å². The summed E-state index contributed by atoms with van der Waals surface area (Å²) in [6, 6.07) is 6.25. The minimum Gasteiger partial charge on any atom is -0.349 e. The third kappa shape index (κ3) is 3.31. The van der Waals surface area contributed by atoms with Gasteiger partial charge in [0, 0.05) is 5.92 Å². The predicted molar refractivity (Wildman–Crippen MR) is 69.5 cm³/mol. The number of rotatable bonds is 3. The average molecular weight is 249 g/mol. The van der Waals surface area contributed by atoms with Gasteiger partial charge < -0.3 is 5.32 Å². The largest absolute Gasteiger partial charge is 0.349 e. The lowest BCUT2D eigenvalue weighted by Gasteiger charge is -2.23. The van der Waals surface area contributed by atoms with Gasteiger partial charge in [-0.25, -0.2) is 4.39 Å². The number of amides is 1. The van der Waals surface area contributed by atoms with Crippen LogP contribution >= 0.6 is 0 Å². The maximum atomic E-state index is 12.8. The summed E-state index contributed by atoms with van der Waals surface area (Å²) in [6.45, 7) is 1.94. The fourth-order valence-corrected chi connectivity index (χ4v) is 2.53. The van der Waals surface area contributed by atoms with Crippen molar-refractivity contribution in [2.24, 2.45) is 5.92 Å². The Morgan fingerprint density at radius 1 is 1.22 bits per heavy atom. The smallest absolute Gasteiger partial charge is 0.223 e. The zero-order valence-corrected chi connectivity index (χ0v) is 10.8. The highest BCUT2D eigenvalue weighted by molar-refractivity contribution is 5.79. The Labute approximate surface area is 108 Å². The van der Waals surface area contributed by atoms with Crippen LogP contribution in [0.2, 0.25) is 0 Å². The van der Waals surface area contributed by atoms with E-state index < -0.39 is 0 Å². The molecule has 0 saturated heterocycles. The van der Waals surface area contributed by atoms with Gasteiger partial charge in [-0.05, 0) is 37.5 Å². The molecule has 3 heteroatoms. The Morgan fingerprint density at radius 3 is 2.44 bits per heavy atom. The first-order valence-electron chi connectivity index (χ1n) is 6.72. The summed E-state index contributed by atoms with van der Waals surface area (Å²) in [7, 11) is 0. The first-order valence-corrected chi connectivity index (χ1v) is 6.72. The minimum atomic E-state index is -0.246. The molecule has 1 aromatic rings. The normalized spacial score (nSPS) is 18.3. The number of carbonyl (C=O) groups excluding carboxylic acids is 1. The molecule has 0 unspecified atom stereocenters. The van der Waals surface area contributed by atoms with E-state index in [-0.39, 0.29) is 23.7 Å². The van der Waals surface area contributed by atoms with E-state index >= 15 is 0 Å². The van der Waals surface area contributed by atoms with E-state index in [1.165, 1.54) is 18.6 Å². The highest BCUT2D eigenvalue weighted by atomic mass is 19.1. The maximum absolute atomic E-state index is 12.8.